The van der Waals surface area contributed by atoms with Crippen LogP contribution >= 0.6 is 0 Å². The van der Waals surface area contributed by atoms with E-state index < -0.39 is 0 Å². The minimum absolute atomic E-state index is 0.0284. The predicted molar refractivity (Wildman–Crippen MR) is 98.3 cm³/mol. The summed E-state index contributed by atoms with van der Waals surface area (Å²) in [5, 5.41) is 3.05. The lowest BCUT2D eigenvalue weighted by atomic mass is 10.00. The molecule has 2 aromatic carbocycles. The van der Waals surface area contributed by atoms with Crippen molar-refractivity contribution in [2.24, 2.45) is 0 Å². The zero-order chi connectivity index (χ0) is 17.6. The average Bonchev–Trinajstić information content (AvgIpc) is 3.17. The summed E-state index contributed by atoms with van der Waals surface area (Å²) in [6.07, 6.45) is 0.707. The SMILES string of the molecule is COc1cccc(C2CC(C(=O)NCC(C)c3ccccc3)NN2)c1. The molecule has 1 amide bonds. The first-order chi connectivity index (χ1) is 12.2. The van der Waals surface area contributed by atoms with E-state index in [2.05, 4.69) is 35.2 Å². The Kier molecular flexibility index (Phi) is 5.68. The highest BCUT2D eigenvalue weighted by molar-refractivity contribution is 5.82. The van der Waals surface area contributed by atoms with Crippen LogP contribution < -0.4 is 20.9 Å². The van der Waals surface area contributed by atoms with E-state index in [1.807, 2.05) is 42.5 Å². The van der Waals surface area contributed by atoms with Crippen molar-refractivity contribution in [3.8, 4) is 5.75 Å². The van der Waals surface area contributed by atoms with Gasteiger partial charge in [0.25, 0.3) is 0 Å². The summed E-state index contributed by atoms with van der Waals surface area (Å²) < 4.78 is 5.27. The zero-order valence-corrected chi connectivity index (χ0v) is 14.7. The quantitative estimate of drug-likeness (QED) is 0.757. The molecule has 0 spiro atoms. The third kappa shape index (κ3) is 4.38. The van der Waals surface area contributed by atoms with Gasteiger partial charge in [-0.25, -0.2) is 10.9 Å². The summed E-state index contributed by atoms with van der Waals surface area (Å²) in [7, 11) is 1.66. The van der Waals surface area contributed by atoms with Crippen molar-refractivity contribution in [1.82, 2.24) is 16.2 Å². The number of carbonyl (C=O) groups excluding carboxylic acids is 1. The maximum absolute atomic E-state index is 12.4. The molecule has 3 atom stereocenters. The summed E-state index contributed by atoms with van der Waals surface area (Å²) in [6.45, 7) is 2.75. The van der Waals surface area contributed by atoms with Crippen molar-refractivity contribution in [1.29, 1.82) is 0 Å². The number of amides is 1. The summed E-state index contributed by atoms with van der Waals surface area (Å²) >= 11 is 0. The molecule has 1 saturated heterocycles. The molecule has 132 valence electrons. The third-order valence-corrected chi connectivity index (χ3v) is 4.67. The maximum Gasteiger partial charge on any atom is 0.238 e. The summed E-state index contributed by atoms with van der Waals surface area (Å²) in [5.41, 5.74) is 8.65. The van der Waals surface area contributed by atoms with Gasteiger partial charge in [-0.05, 0) is 35.6 Å². The van der Waals surface area contributed by atoms with Gasteiger partial charge in [-0.1, -0.05) is 49.4 Å². The largest absolute Gasteiger partial charge is 0.497 e. The number of rotatable bonds is 6. The minimum Gasteiger partial charge on any atom is -0.497 e. The number of benzene rings is 2. The number of hydrogen-bond donors (Lipinski definition) is 3. The Hall–Kier alpha value is -2.37. The summed E-state index contributed by atoms with van der Waals surface area (Å²) in [5.74, 6) is 1.14. The van der Waals surface area contributed by atoms with Gasteiger partial charge in [-0.3, -0.25) is 4.79 Å². The molecule has 2 aromatic rings. The molecule has 1 aliphatic rings. The Labute approximate surface area is 148 Å². The van der Waals surface area contributed by atoms with Gasteiger partial charge < -0.3 is 10.1 Å². The molecule has 1 fully saturated rings. The molecule has 1 heterocycles. The van der Waals surface area contributed by atoms with Crippen molar-refractivity contribution in [3.05, 3.63) is 65.7 Å². The normalized spacial score (nSPS) is 20.9. The van der Waals surface area contributed by atoms with E-state index in [0.717, 1.165) is 11.3 Å². The Balaban J connectivity index is 1.52. The topological polar surface area (TPSA) is 62.4 Å². The van der Waals surface area contributed by atoms with Crippen LogP contribution in [-0.4, -0.2) is 25.6 Å². The van der Waals surface area contributed by atoms with Gasteiger partial charge in [0, 0.05) is 12.6 Å². The summed E-state index contributed by atoms with van der Waals surface area (Å²) in [4.78, 5) is 12.4. The van der Waals surface area contributed by atoms with Gasteiger partial charge >= 0.3 is 0 Å². The molecule has 1 aliphatic heterocycles. The molecule has 3 unspecified atom stereocenters. The number of hydrogen-bond acceptors (Lipinski definition) is 4. The molecule has 0 radical (unpaired) electrons. The van der Waals surface area contributed by atoms with Crippen molar-refractivity contribution < 1.29 is 9.53 Å². The molecule has 3 N–H and O–H groups in total. The first kappa shape index (κ1) is 17.5. The van der Waals surface area contributed by atoms with E-state index in [4.69, 9.17) is 4.74 Å². The van der Waals surface area contributed by atoms with Crippen LogP contribution in [0, 0.1) is 0 Å². The first-order valence-corrected chi connectivity index (χ1v) is 8.65. The van der Waals surface area contributed by atoms with E-state index in [9.17, 15) is 4.79 Å². The Morgan fingerprint density at radius 2 is 2.00 bits per heavy atom. The van der Waals surface area contributed by atoms with Gasteiger partial charge in [0.1, 0.15) is 11.8 Å². The standard InChI is InChI=1S/C20H25N3O2/c1-14(15-7-4-3-5-8-15)13-21-20(24)19-12-18(22-23-19)16-9-6-10-17(11-16)25-2/h3-11,14,18-19,22-23H,12-13H2,1-2H3,(H,21,24). The molecule has 0 aliphatic carbocycles. The number of methoxy groups -OCH3 is 1. The van der Waals surface area contributed by atoms with Crippen LogP contribution in [0.2, 0.25) is 0 Å². The van der Waals surface area contributed by atoms with Crippen LogP contribution in [0.25, 0.3) is 0 Å². The van der Waals surface area contributed by atoms with Crippen molar-refractivity contribution in [3.63, 3.8) is 0 Å². The smallest absolute Gasteiger partial charge is 0.238 e. The Bertz CT molecular complexity index is 705. The predicted octanol–water partition coefficient (Wildman–Crippen LogP) is 2.52. The number of hydrazine groups is 1. The zero-order valence-electron chi connectivity index (χ0n) is 14.7. The minimum atomic E-state index is -0.237. The monoisotopic (exact) mass is 339 g/mol. The van der Waals surface area contributed by atoms with Crippen LogP contribution in [0.15, 0.2) is 54.6 Å². The van der Waals surface area contributed by atoms with Crippen LogP contribution in [-0.2, 0) is 4.79 Å². The second-order valence-electron chi connectivity index (χ2n) is 6.46. The Morgan fingerprint density at radius 1 is 1.20 bits per heavy atom. The molecular weight excluding hydrogens is 314 g/mol. The third-order valence-electron chi connectivity index (χ3n) is 4.67. The van der Waals surface area contributed by atoms with Gasteiger partial charge in [0.15, 0.2) is 0 Å². The Morgan fingerprint density at radius 3 is 2.76 bits per heavy atom. The lowest BCUT2D eigenvalue weighted by Crippen LogP contribution is -2.44. The van der Waals surface area contributed by atoms with E-state index >= 15 is 0 Å². The number of nitrogens with one attached hydrogen (secondary N) is 3. The van der Waals surface area contributed by atoms with E-state index in [-0.39, 0.29) is 23.9 Å². The van der Waals surface area contributed by atoms with Crippen molar-refractivity contribution in [2.45, 2.75) is 31.3 Å². The molecule has 25 heavy (non-hydrogen) atoms. The number of ether oxygens (including phenoxy) is 1. The highest BCUT2D eigenvalue weighted by Crippen LogP contribution is 2.25. The maximum atomic E-state index is 12.4. The van der Waals surface area contributed by atoms with Crippen LogP contribution in [0.3, 0.4) is 0 Å². The fourth-order valence-electron chi connectivity index (χ4n) is 3.08. The van der Waals surface area contributed by atoms with E-state index in [1.54, 1.807) is 7.11 Å². The first-order valence-electron chi connectivity index (χ1n) is 8.65. The van der Waals surface area contributed by atoms with Gasteiger partial charge in [-0.2, -0.15) is 0 Å². The van der Waals surface area contributed by atoms with Crippen LogP contribution in [0.4, 0.5) is 0 Å². The lowest BCUT2D eigenvalue weighted by molar-refractivity contribution is -0.122. The molecule has 0 bridgehead atoms. The highest BCUT2D eigenvalue weighted by atomic mass is 16.5. The average molecular weight is 339 g/mol. The molecule has 0 saturated carbocycles. The van der Waals surface area contributed by atoms with Crippen LogP contribution in [0.5, 0.6) is 5.75 Å². The molecule has 5 heteroatoms. The fourth-order valence-corrected chi connectivity index (χ4v) is 3.08. The van der Waals surface area contributed by atoms with Crippen LogP contribution in [0.1, 0.15) is 36.4 Å². The van der Waals surface area contributed by atoms with E-state index in [0.29, 0.717) is 13.0 Å². The summed E-state index contributed by atoms with van der Waals surface area (Å²) in [6, 6.07) is 18.0. The van der Waals surface area contributed by atoms with Crippen molar-refractivity contribution in [2.75, 3.05) is 13.7 Å². The van der Waals surface area contributed by atoms with Gasteiger partial charge in [-0.15, -0.1) is 0 Å². The molecule has 0 aromatic heterocycles. The second kappa shape index (κ2) is 8.14. The van der Waals surface area contributed by atoms with Gasteiger partial charge in [0.2, 0.25) is 5.91 Å². The molecular formula is C20H25N3O2. The molecule has 3 rings (SSSR count). The highest BCUT2D eigenvalue weighted by Gasteiger charge is 2.30. The van der Waals surface area contributed by atoms with Gasteiger partial charge in [0.05, 0.1) is 7.11 Å². The second-order valence-corrected chi connectivity index (χ2v) is 6.46. The molecule has 5 nitrogen and oxygen atoms in total. The van der Waals surface area contributed by atoms with E-state index in [1.165, 1.54) is 5.56 Å². The van der Waals surface area contributed by atoms with Crippen molar-refractivity contribution >= 4 is 5.91 Å². The lowest BCUT2D eigenvalue weighted by Gasteiger charge is -2.15. The fraction of sp³-hybridized carbons (Fsp3) is 0.350. The number of carbonyl (C=O) groups is 1.